The Morgan fingerprint density at radius 2 is 1.86 bits per heavy atom. The molecule has 0 fully saturated rings. The third kappa shape index (κ3) is 4.76. The minimum atomic E-state index is -4.66. The lowest BCUT2D eigenvalue weighted by molar-refractivity contribution is -0.139. The predicted molar refractivity (Wildman–Crippen MR) is 126 cm³/mol. The number of para-hydroxylation sites is 1. The number of carbonyl (C=O) groups is 2. The molecule has 1 aromatic carbocycles. The van der Waals surface area contributed by atoms with Crippen LogP contribution in [0.3, 0.4) is 0 Å². The maximum atomic E-state index is 13.4. The quantitative estimate of drug-likeness (QED) is 0.560. The molecular weight excluding hydrogens is 487 g/mol. The number of alkyl halides is 3. The first-order valence-electron chi connectivity index (χ1n) is 10.1. The van der Waals surface area contributed by atoms with Gasteiger partial charge in [-0.1, -0.05) is 12.1 Å². The van der Waals surface area contributed by atoms with E-state index in [4.69, 9.17) is 9.47 Å². The highest BCUT2D eigenvalue weighted by atomic mass is 32.1. The fourth-order valence-corrected chi connectivity index (χ4v) is 3.73. The van der Waals surface area contributed by atoms with E-state index < -0.39 is 29.4 Å². The van der Waals surface area contributed by atoms with Crippen molar-refractivity contribution in [3.8, 4) is 11.6 Å². The smallest absolute Gasteiger partial charge is 0.421 e. The van der Waals surface area contributed by atoms with Crippen LogP contribution >= 0.6 is 13.5 Å². The van der Waals surface area contributed by atoms with E-state index in [0.29, 0.717) is 5.75 Å². The molecular formula is C22H22F3N5O4S. The monoisotopic (exact) mass is 509 g/mol. The highest BCUT2D eigenvalue weighted by Crippen LogP contribution is 2.37. The fraction of sp³-hybridized carbons (Fsp3) is 0.273. The predicted octanol–water partition coefficient (Wildman–Crippen LogP) is 3.90. The summed E-state index contributed by atoms with van der Waals surface area (Å²) in [4.78, 5) is 31.3. The molecule has 1 aliphatic heterocycles. The van der Waals surface area contributed by atoms with Gasteiger partial charge in [-0.15, -0.1) is 0 Å². The number of amides is 2. The van der Waals surface area contributed by atoms with Gasteiger partial charge in [0.05, 0.1) is 37.7 Å². The van der Waals surface area contributed by atoms with E-state index in [1.807, 2.05) is 0 Å². The van der Waals surface area contributed by atoms with Crippen LogP contribution in [0.4, 0.5) is 24.7 Å². The van der Waals surface area contributed by atoms with E-state index in [1.165, 1.54) is 22.9 Å². The van der Waals surface area contributed by atoms with Crippen molar-refractivity contribution in [3.63, 3.8) is 0 Å². The maximum Gasteiger partial charge on any atom is 0.421 e. The molecule has 35 heavy (non-hydrogen) atoms. The number of halogens is 3. The molecule has 3 aromatic rings. The number of benzene rings is 1. The summed E-state index contributed by atoms with van der Waals surface area (Å²) < 4.78 is 51.1. The Labute approximate surface area is 205 Å². The summed E-state index contributed by atoms with van der Waals surface area (Å²) in [6.07, 6.45) is -3.31. The van der Waals surface area contributed by atoms with Crippen molar-refractivity contribution in [2.24, 2.45) is 0 Å². The molecule has 0 spiro atoms. The molecule has 1 atom stereocenters. The van der Waals surface area contributed by atoms with Gasteiger partial charge in [0.2, 0.25) is 5.88 Å². The Hall–Kier alpha value is -3.74. The number of hydrogen-bond acceptors (Lipinski definition) is 6. The average molecular weight is 510 g/mol. The molecule has 0 unspecified atom stereocenters. The highest BCUT2D eigenvalue weighted by molar-refractivity contribution is 7.59. The van der Waals surface area contributed by atoms with Crippen LogP contribution < -0.4 is 19.7 Å². The Kier molecular flexibility index (Phi) is 7.29. The number of aromatic nitrogens is 3. The lowest BCUT2D eigenvalue weighted by Crippen LogP contribution is -2.43. The molecule has 2 aromatic heterocycles. The number of pyridine rings is 1. The minimum absolute atomic E-state index is 0. The SMILES string of the molecule is COc1ccccc1C(=O)Nc1cnn2c1C(=O)N(c1ccc(C(F)(F)F)c(OC)n1)C[C@@H]2C.S. The molecule has 0 radical (unpaired) electrons. The fourth-order valence-electron chi connectivity index (χ4n) is 3.73. The summed E-state index contributed by atoms with van der Waals surface area (Å²) in [6, 6.07) is 8.15. The first-order valence-corrected chi connectivity index (χ1v) is 10.1. The van der Waals surface area contributed by atoms with E-state index in [9.17, 15) is 22.8 Å². The maximum absolute atomic E-state index is 13.4. The number of hydrogen-bond donors (Lipinski definition) is 1. The van der Waals surface area contributed by atoms with E-state index in [-0.39, 0.29) is 48.8 Å². The van der Waals surface area contributed by atoms with Crippen molar-refractivity contribution in [1.82, 2.24) is 14.8 Å². The van der Waals surface area contributed by atoms with Crippen LogP contribution in [0.25, 0.3) is 0 Å². The van der Waals surface area contributed by atoms with Crippen molar-refractivity contribution < 1.29 is 32.2 Å². The molecule has 3 heterocycles. The molecule has 13 heteroatoms. The van der Waals surface area contributed by atoms with Crippen molar-refractivity contribution in [2.45, 2.75) is 19.1 Å². The van der Waals surface area contributed by atoms with Crippen LogP contribution in [0.2, 0.25) is 0 Å². The summed E-state index contributed by atoms with van der Waals surface area (Å²) in [7, 11) is 2.50. The Bertz CT molecular complexity index is 1260. The molecule has 4 rings (SSSR count). The lowest BCUT2D eigenvalue weighted by atomic mass is 10.1. The summed E-state index contributed by atoms with van der Waals surface area (Å²) in [6.45, 7) is 1.89. The van der Waals surface area contributed by atoms with Gasteiger partial charge in [0, 0.05) is 6.54 Å². The second-order valence-corrected chi connectivity index (χ2v) is 7.49. The van der Waals surface area contributed by atoms with Crippen molar-refractivity contribution >= 4 is 36.8 Å². The van der Waals surface area contributed by atoms with Crippen LogP contribution in [0, 0.1) is 0 Å². The van der Waals surface area contributed by atoms with Gasteiger partial charge < -0.3 is 14.8 Å². The Balaban J connectivity index is 0.00000342. The first-order chi connectivity index (χ1) is 16.2. The molecule has 1 N–H and O–H groups in total. The van der Waals surface area contributed by atoms with E-state index in [1.54, 1.807) is 31.2 Å². The van der Waals surface area contributed by atoms with E-state index in [0.717, 1.165) is 19.2 Å². The van der Waals surface area contributed by atoms with Crippen LogP contribution in [0.5, 0.6) is 11.6 Å². The van der Waals surface area contributed by atoms with Gasteiger partial charge in [0.15, 0.2) is 5.69 Å². The van der Waals surface area contributed by atoms with Crippen molar-refractivity contribution in [3.05, 3.63) is 59.4 Å². The van der Waals surface area contributed by atoms with Gasteiger partial charge in [-0.05, 0) is 31.2 Å². The largest absolute Gasteiger partial charge is 0.496 e. The normalized spacial score (nSPS) is 15.2. The molecule has 0 bridgehead atoms. The van der Waals surface area contributed by atoms with Crippen molar-refractivity contribution in [1.29, 1.82) is 0 Å². The van der Waals surface area contributed by atoms with Gasteiger partial charge >= 0.3 is 6.18 Å². The summed E-state index contributed by atoms with van der Waals surface area (Å²) in [5.41, 5.74) is -0.572. The molecule has 0 saturated carbocycles. The van der Waals surface area contributed by atoms with Gasteiger partial charge in [-0.3, -0.25) is 19.2 Å². The Morgan fingerprint density at radius 1 is 1.14 bits per heavy atom. The number of methoxy groups -OCH3 is 2. The number of carbonyl (C=O) groups excluding carboxylic acids is 2. The number of nitrogens with one attached hydrogen (secondary N) is 1. The molecule has 0 saturated heterocycles. The lowest BCUT2D eigenvalue weighted by Gasteiger charge is -2.31. The van der Waals surface area contributed by atoms with Crippen LogP contribution in [0.1, 0.15) is 39.4 Å². The first kappa shape index (κ1) is 25.9. The van der Waals surface area contributed by atoms with Gasteiger partial charge in [-0.2, -0.15) is 36.7 Å². The van der Waals surface area contributed by atoms with Gasteiger partial charge in [0.25, 0.3) is 11.8 Å². The highest BCUT2D eigenvalue weighted by Gasteiger charge is 2.38. The number of nitrogens with zero attached hydrogens (tertiary/aromatic N) is 4. The van der Waals surface area contributed by atoms with E-state index in [2.05, 4.69) is 15.4 Å². The standard InChI is InChI=1S/C22H20F3N5O4.H2S/c1-12-11-29(17-9-8-14(22(23,24)25)20(28-17)34-3)21(32)18-15(10-26-30(12)18)27-19(31)13-6-4-5-7-16(13)33-2;/h4-10,12H,11H2,1-3H3,(H,27,31);1H2/t12-;/m0./s1. The topological polar surface area (TPSA) is 98.6 Å². The third-order valence-corrected chi connectivity index (χ3v) is 5.33. The third-order valence-electron chi connectivity index (χ3n) is 5.33. The minimum Gasteiger partial charge on any atom is -0.496 e. The van der Waals surface area contributed by atoms with Crippen LogP contribution in [-0.4, -0.2) is 47.3 Å². The van der Waals surface area contributed by atoms with Gasteiger partial charge in [-0.25, -0.2) is 0 Å². The second-order valence-electron chi connectivity index (χ2n) is 7.49. The summed E-state index contributed by atoms with van der Waals surface area (Å²) in [5, 5.41) is 6.89. The number of fused-ring (bicyclic) bond motifs is 1. The molecule has 0 aliphatic carbocycles. The molecule has 2 amide bonds. The zero-order valence-corrected chi connectivity index (χ0v) is 19.9. The van der Waals surface area contributed by atoms with Gasteiger partial charge in [0.1, 0.15) is 17.1 Å². The van der Waals surface area contributed by atoms with Crippen molar-refractivity contribution in [2.75, 3.05) is 31.0 Å². The zero-order chi connectivity index (χ0) is 24.6. The van der Waals surface area contributed by atoms with E-state index >= 15 is 0 Å². The zero-order valence-electron chi connectivity index (χ0n) is 18.9. The number of ether oxygens (including phenoxy) is 2. The molecule has 9 nitrogen and oxygen atoms in total. The molecule has 186 valence electrons. The summed E-state index contributed by atoms with van der Waals surface area (Å²) >= 11 is 0. The summed E-state index contributed by atoms with van der Waals surface area (Å²) in [5.74, 6) is -1.41. The van der Waals surface area contributed by atoms with Crippen LogP contribution in [-0.2, 0) is 6.18 Å². The van der Waals surface area contributed by atoms with Crippen LogP contribution in [0.15, 0.2) is 42.6 Å². The number of anilines is 2. The average Bonchev–Trinajstić information content (AvgIpc) is 3.24. The molecule has 1 aliphatic rings. The Morgan fingerprint density at radius 3 is 2.51 bits per heavy atom. The number of rotatable bonds is 5. The second kappa shape index (κ2) is 9.86.